The van der Waals surface area contributed by atoms with Crippen molar-refractivity contribution in [2.45, 2.75) is 48.0 Å². The van der Waals surface area contributed by atoms with Crippen LogP contribution in [0.2, 0.25) is 0 Å². The SMILES string of the molecule is C=C(C)/C(=C(/C)N(C)C(=C)/C=C\C(=C)N(C)/C(C)=N\C)C(C)(C)CC. The molecule has 0 aromatic carbocycles. The summed E-state index contributed by atoms with van der Waals surface area (Å²) in [6.45, 7) is 25.4. The number of hydrogen-bond donors (Lipinski definition) is 0. The van der Waals surface area contributed by atoms with Gasteiger partial charge in [-0.2, -0.15) is 0 Å². The molecule has 3 heteroatoms. The van der Waals surface area contributed by atoms with E-state index in [1.807, 2.05) is 38.1 Å². The highest BCUT2D eigenvalue weighted by molar-refractivity contribution is 5.81. The monoisotopic (exact) mass is 343 g/mol. The second kappa shape index (κ2) is 9.45. The molecule has 25 heavy (non-hydrogen) atoms. The van der Waals surface area contributed by atoms with E-state index in [0.717, 1.165) is 29.2 Å². The van der Waals surface area contributed by atoms with Crippen LogP contribution in [-0.4, -0.2) is 36.8 Å². The van der Waals surface area contributed by atoms with Gasteiger partial charge in [0.2, 0.25) is 0 Å². The van der Waals surface area contributed by atoms with Crippen LogP contribution in [0.25, 0.3) is 0 Å². The Bertz CT molecular complexity index is 615. The van der Waals surface area contributed by atoms with Gasteiger partial charge in [-0.1, -0.05) is 46.1 Å². The molecule has 0 saturated carbocycles. The highest BCUT2D eigenvalue weighted by Gasteiger charge is 2.25. The lowest BCUT2D eigenvalue weighted by Gasteiger charge is -2.33. The van der Waals surface area contributed by atoms with Gasteiger partial charge in [-0.15, -0.1) is 0 Å². The van der Waals surface area contributed by atoms with Gasteiger partial charge in [0.05, 0.1) is 5.84 Å². The summed E-state index contributed by atoms with van der Waals surface area (Å²) in [6, 6.07) is 0. The maximum absolute atomic E-state index is 4.21. The highest BCUT2D eigenvalue weighted by Crippen LogP contribution is 2.37. The van der Waals surface area contributed by atoms with Crippen LogP contribution in [0.5, 0.6) is 0 Å². The lowest BCUT2D eigenvalue weighted by atomic mass is 9.77. The largest absolute Gasteiger partial charge is 0.349 e. The summed E-state index contributed by atoms with van der Waals surface area (Å²) in [5.41, 5.74) is 5.42. The van der Waals surface area contributed by atoms with E-state index in [2.05, 4.69) is 64.2 Å². The van der Waals surface area contributed by atoms with E-state index >= 15 is 0 Å². The lowest BCUT2D eigenvalue weighted by molar-refractivity contribution is 0.409. The third-order valence-corrected chi connectivity index (χ3v) is 4.99. The Morgan fingerprint density at radius 1 is 0.960 bits per heavy atom. The van der Waals surface area contributed by atoms with Crippen molar-refractivity contribution in [3.8, 4) is 0 Å². The molecule has 0 rings (SSSR count). The van der Waals surface area contributed by atoms with Crippen molar-refractivity contribution in [3.63, 3.8) is 0 Å². The molecule has 0 aromatic rings. The van der Waals surface area contributed by atoms with Crippen LogP contribution in [-0.2, 0) is 0 Å². The van der Waals surface area contributed by atoms with Gasteiger partial charge >= 0.3 is 0 Å². The zero-order valence-corrected chi connectivity index (χ0v) is 17.8. The van der Waals surface area contributed by atoms with Crippen molar-refractivity contribution >= 4 is 5.84 Å². The van der Waals surface area contributed by atoms with Gasteiger partial charge < -0.3 is 9.80 Å². The molecule has 0 aliphatic rings. The summed E-state index contributed by atoms with van der Waals surface area (Å²) in [5, 5.41) is 0. The second-order valence-corrected chi connectivity index (χ2v) is 7.18. The molecule has 0 heterocycles. The molecule has 0 atom stereocenters. The minimum atomic E-state index is 0.0761. The van der Waals surface area contributed by atoms with Crippen LogP contribution >= 0.6 is 0 Å². The molecule has 0 bridgehead atoms. The van der Waals surface area contributed by atoms with Crippen LogP contribution in [0.4, 0.5) is 0 Å². The predicted octanol–water partition coefficient (Wildman–Crippen LogP) is 5.77. The Morgan fingerprint density at radius 2 is 1.40 bits per heavy atom. The maximum Gasteiger partial charge on any atom is 0.0995 e. The molecular formula is C22H37N3. The van der Waals surface area contributed by atoms with E-state index < -0.39 is 0 Å². The fraction of sp³-hybridized carbons (Fsp3) is 0.500. The van der Waals surface area contributed by atoms with E-state index in [-0.39, 0.29) is 5.41 Å². The Labute approximate surface area is 155 Å². The molecule has 140 valence electrons. The average Bonchev–Trinajstić information content (AvgIpc) is 2.56. The van der Waals surface area contributed by atoms with Crippen molar-refractivity contribution in [2.75, 3.05) is 21.1 Å². The number of rotatable bonds is 8. The van der Waals surface area contributed by atoms with Crippen molar-refractivity contribution in [1.82, 2.24) is 9.80 Å². The summed E-state index contributed by atoms with van der Waals surface area (Å²) in [7, 11) is 5.77. The highest BCUT2D eigenvalue weighted by atomic mass is 15.2. The molecule has 0 spiro atoms. The summed E-state index contributed by atoms with van der Waals surface area (Å²) in [6.07, 6.45) is 5.01. The van der Waals surface area contributed by atoms with E-state index in [0.29, 0.717) is 0 Å². The number of likely N-dealkylation sites (N-methyl/N-ethyl adjacent to an activating group) is 2. The third-order valence-electron chi connectivity index (χ3n) is 4.99. The Morgan fingerprint density at radius 3 is 1.76 bits per heavy atom. The predicted molar refractivity (Wildman–Crippen MR) is 114 cm³/mol. The van der Waals surface area contributed by atoms with E-state index in [1.165, 1.54) is 11.3 Å². The van der Waals surface area contributed by atoms with Gasteiger partial charge in [0.15, 0.2) is 0 Å². The molecule has 0 aliphatic carbocycles. The Balaban J connectivity index is 5.53. The Kier molecular flexibility index (Phi) is 8.68. The first kappa shape index (κ1) is 23.0. The average molecular weight is 344 g/mol. The van der Waals surface area contributed by atoms with Crippen molar-refractivity contribution < 1.29 is 0 Å². The molecule has 0 amide bonds. The normalized spacial score (nSPS) is 13.6. The standard InChI is InChI=1S/C22H37N3/c1-13-22(8,9)21(16(2)3)19(6)24(11)17(4)14-15-18(5)25(12)20(7)23-10/h14-15H,2,4-5,13H2,1,3,6-12H3/b15-14-,21-19+,23-20-. The smallest absolute Gasteiger partial charge is 0.0995 e. The number of nitrogens with zero attached hydrogens (tertiary/aromatic N) is 3. The van der Waals surface area contributed by atoms with Crippen LogP contribution in [0.15, 0.2) is 65.1 Å². The quantitative estimate of drug-likeness (QED) is 0.316. The minimum absolute atomic E-state index is 0.0761. The molecule has 0 radical (unpaired) electrons. The topological polar surface area (TPSA) is 18.8 Å². The molecular weight excluding hydrogens is 306 g/mol. The first-order valence-electron chi connectivity index (χ1n) is 8.74. The van der Waals surface area contributed by atoms with Gasteiger partial charge in [0.1, 0.15) is 0 Å². The van der Waals surface area contributed by atoms with Crippen molar-refractivity contribution in [1.29, 1.82) is 0 Å². The molecule has 0 N–H and O–H groups in total. The van der Waals surface area contributed by atoms with Gasteiger partial charge in [-0.3, -0.25) is 4.99 Å². The lowest BCUT2D eigenvalue weighted by Crippen LogP contribution is -2.23. The van der Waals surface area contributed by atoms with Gasteiger partial charge in [-0.25, -0.2) is 0 Å². The second-order valence-electron chi connectivity index (χ2n) is 7.18. The zero-order chi connectivity index (χ0) is 19.9. The third kappa shape index (κ3) is 6.08. The Hall–Kier alpha value is -2.03. The van der Waals surface area contributed by atoms with Crippen LogP contribution < -0.4 is 0 Å². The van der Waals surface area contributed by atoms with Crippen LogP contribution in [0.1, 0.15) is 48.0 Å². The van der Waals surface area contributed by atoms with Crippen LogP contribution in [0, 0.1) is 5.41 Å². The first-order valence-corrected chi connectivity index (χ1v) is 8.74. The molecule has 0 aliphatic heterocycles. The first-order chi connectivity index (χ1) is 11.4. The minimum Gasteiger partial charge on any atom is -0.349 e. The van der Waals surface area contributed by atoms with Gasteiger partial charge in [-0.05, 0) is 50.3 Å². The number of allylic oxidation sites excluding steroid dienone is 5. The maximum atomic E-state index is 4.21. The summed E-state index contributed by atoms with van der Waals surface area (Å²) in [4.78, 5) is 8.24. The molecule has 0 fully saturated rings. The van der Waals surface area contributed by atoms with Crippen LogP contribution in [0.3, 0.4) is 0 Å². The zero-order valence-electron chi connectivity index (χ0n) is 17.8. The molecule has 0 aromatic heterocycles. The van der Waals surface area contributed by atoms with Crippen molar-refractivity contribution in [2.24, 2.45) is 10.4 Å². The number of amidine groups is 1. The fourth-order valence-electron chi connectivity index (χ4n) is 2.71. The fourth-order valence-corrected chi connectivity index (χ4v) is 2.71. The van der Waals surface area contributed by atoms with E-state index in [4.69, 9.17) is 0 Å². The van der Waals surface area contributed by atoms with Gasteiger partial charge in [0.25, 0.3) is 0 Å². The molecule has 3 nitrogen and oxygen atoms in total. The summed E-state index contributed by atoms with van der Waals surface area (Å²) >= 11 is 0. The van der Waals surface area contributed by atoms with E-state index in [1.54, 1.807) is 7.05 Å². The van der Waals surface area contributed by atoms with Crippen molar-refractivity contribution in [3.05, 3.63) is 60.1 Å². The van der Waals surface area contributed by atoms with Gasteiger partial charge in [0, 0.05) is 38.2 Å². The number of hydrogen-bond acceptors (Lipinski definition) is 2. The number of aliphatic imine (C=N–C) groups is 1. The molecule has 0 saturated heterocycles. The van der Waals surface area contributed by atoms with E-state index in [9.17, 15) is 0 Å². The summed E-state index contributed by atoms with van der Waals surface area (Å²) < 4.78 is 0. The molecule has 0 unspecified atom stereocenters. The summed E-state index contributed by atoms with van der Waals surface area (Å²) in [5.74, 6) is 0.916.